The summed E-state index contributed by atoms with van der Waals surface area (Å²) in [7, 11) is 0. The summed E-state index contributed by atoms with van der Waals surface area (Å²) in [6, 6.07) is 7.07. The van der Waals surface area contributed by atoms with Crippen molar-refractivity contribution in [1.29, 1.82) is 5.26 Å². The van der Waals surface area contributed by atoms with Gasteiger partial charge < -0.3 is 5.32 Å². The Kier molecular flexibility index (Phi) is 6.87. The van der Waals surface area contributed by atoms with Crippen LogP contribution in [-0.4, -0.2) is 12.6 Å². The average molecular weight is 236 g/mol. The molecule has 88 valence electrons. The normalized spacial score (nSPS) is 12.2. The fourth-order valence-corrected chi connectivity index (χ4v) is 2.45. The van der Waals surface area contributed by atoms with Gasteiger partial charge in [0.25, 0.3) is 0 Å². The summed E-state index contributed by atoms with van der Waals surface area (Å²) in [6.45, 7) is 3.26. The minimum absolute atomic E-state index is 0.584. The first-order valence-electron chi connectivity index (χ1n) is 5.99. The van der Waals surface area contributed by atoms with E-state index in [4.69, 9.17) is 5.26 Å². The fourth-order valence-electron chi connectivity index (χ4n) is 1.67. The van der Waals surface area contributed by atoms with Crippen LogP contribution in [0.3, 0.4) is 0 Å². The van der Waals surface area contributed by atoms with Crippen LogP contribution >= 0.6 is 11.3 Å². The molecule has 0 radical (unpaired) electrons. The third-order valence-electron chi connectivity index (χ3n) is 2.67. The molecule has 0 saturated carbocycles. The minimum atomic E-state index is 0.584. The lowest BCUT2D eigenvalue weighted by atomic mass is 10.1. The highest BCUT2D eigenvalue weighted by atomic mass is 32.1. The molecule has 0 aliphatic heterocycles. The van der Waals surface area contributed by atoms with E-state index in [1.807, 2.05) is 11.3 Å². The van der Waals surface area contributed by atoms with Crippen LogP contribution in [0, 0.1) is 11.3 Å². The fraction of sp³-hybridized carbons (Fsp3) is 0.615. The van der Waals surface area contributed by atoms with Gasteiger partial charge in [-0.1, -0.05) is 13.0 Å². The van der Waals surface area contributed by atoms with E-state index in [-0.39, 0.29) is 0 Å². The Balaban J connectivity index is 2.15. The van der Waals surface area contributed by atoms with Crippen molar-refractivity contribution in [2.45, 2.75) is 45.1 Å². The molecule has 3 heteroatoms. The molecule has 1 rings (SSSR count). The first kappa shape index (κ1) is 13.2. The van der Waals surface area contributed by atoms with Crippen LogP contribution in [0.2, 0.25) is 0 Å². The molecule has 0 spiro atoms. The van der Waals surface area contributed by atoms with Gasteiger partial charge in [-0.05, 0) is 43.7 Å². The smallest absolute Gasteiger partial charge is 0.0621 e. The summed E-state index contributed by atoms with van der Waals surface area (Å²) in [5.41, 5.74) is 0. The maximum Gasteiger partial charge on any atom is 0.0621 e. The molecule has 1 N–H and O–H groups in total. The third-order valence-corrected chi connectivity index (χ3v) is 3.57. The van der Waals surface area contributed by atoms with Gasteiger partial charge in [-0.3, -0.25) is 0 Å². The quantitative estimate of drug-likeness (QED) is 0.703. The molecular formula is C13H20N2S. The van der Waals surface area contributed by atoms with Gasteiger partial charge >= 0.3 is 0 Å². The Morgan fingerprint density at radius 3 is 3.00 bits per heavy atom. The maximum atomic E-state index is 8.42. The van der Waals surface area contributed by atoms with Crippen LogP contribution in [0.25, 0.3) is 0 Å². The lowest BCUT2D eigenvalue weighted by molar-refractivity contribution is 0.486. The first-order chi connectivity index (χ1) is 7.86. The summed E-state index contributed by atoms with van der Waals surface area (Å²) in [6.07, 6.45) is 5.10. The van der Waals surface area contributed by atoms with E-state index in [2.05, 4.69) is 35.8 Å². The Morgan fingerprint density at radius 2 is 2.38 bits per heavy atom. The number of hydrogen-bond acceptors (Lipinski definition) is 3. The van der Waals surface area contributed by atoms with Gasteiger partial charge in [0.05, 0.1) is 6.07 Å². The van der Waals surface area contributed by atoms with Crippen molar-refractivity contribution in [1.82, 2.24) is 5.32 Å². The van der Waals surface area contributed by atoms with E-state index in [1.165, 1.54) is 4.88 Å². The molecule has 0 aliphatic carbocycles. The van der Waals surface area contributed by atoms with Crippen LogP contribution in [-0.2, 0) is 6.42 Å². The highest BCUT2D eigenvalue weighted by molar-refractivity contribution is 7.09. The van der Waals surface area contributed by atoms with Crippen LogP contribution in [0.5, 0.6) is 0 Å². The summed E-state index contributed by atoms with van der Waals surface area (Å²) < 4.78 is 0. The van der Waals surface area contributed by atoms with Crippen LogP contribution in [0.4, 0.5) is 0 Å². The van der Waals surface area contributed by atoms with E-state index in [0.717, 1.165) is 32.2 Å². The molecule has 1 aromatic heterocycles. The second kappa shape index (κ2) is 8.32. The maximum absolute atomic E-state index is 8.42. The zero-order valence-corrected chi connectivity index (χ0v) is 10.7. The molecule has 16 heavy (non-hydrogen) atoms. The van der Waals surface area contributed by atoms with E-state index in [9.17, 15) is 0 Å². The molecule has 0 aromatic carbocycles. The van der Waals surface area contributed by atoms with Crippen LogP contribution in [0.15, 0.2) is 17.5 Å². The topological polar surface area (TPSA) is 35.8 Å². The van der Waals surface area contributed by atoms with Crippen molar-refractivity contribution < 1.29 is 0 Å². The van der Waals surface area contributed by atoms with Gasteiger partial charge in [0.1, 0.15) is 0 Å². The molecule has 0 fully saturated rings. The predicted molar refractivity (Wildman–Crippen MR) is 69.6 cm³/mol. The number of nitriles is 1. The average Bonchev–Trinajstić information content (AvgIpc) is 2.80. The standard InChI is InChI=1S/C13H20N2S/c1-2-12(11-13-7-6-10-16-13)15-9-5-3-4-8-14/h6-7,10,12,15H,2-5,9,11H2,1H3. The van der Waals surface area contributed by atoms with Crippen molar-refractivity contribution in [2.24, 2.45) is 0 Å². The van der Waals surface area contributed by atoms with Gasteiger partial charge in [0.15, 0.2) is 0 Å². The van der Waals surface area contributed by atoms with E-state index in [0.29, 0.717) is 12.5 Å². The molecule has 0 saturated heterocycles. The zero-order valence-electron chi connectivity index (χ0n) is 9.91. The molecule has 1 heterocycles. The lowest BCUT2D eigenvalue weighted by Gasteiger charge is -2.15. The Morgan fingerprint density at radius 1 is 1.50 bits per heavy atom. The van der Waals surface area contributed by atoms with Crippen molar-refractivity contribution in [3.05, 3.63) is 22.4 Å². The van der Waals surface area contributed by atoms with Gasteiger partial charge in [0.2, 0.25) is 0 Å². The summed E-state index contributed by atoms with van der Waals surface area (Å²) >= 11 is 1.83. The molecular weight excluding hydrogens is 216 g/mol. The molecule has 0 aliphatic rings. The van der Waals surface area contributed by atoms with Crippen molar-refractivity contribution >= 4 is 11.3 Å². The monoisotopic (exact) mass is 236 g/mol. The Hall–Kier alpha value is -0.850. The third kappa shape index (κ3) is 5.29. The number of nitrogens with one attached hydrogen (secondary N) is 1. The van der Waals surface area contributed by atoms with Crippen LogP contribution in [0.1, 0.15) is 37.5 Å². The SMILES string of the molecule is CCC(Cc1cccs1)NCCCCC#N. The number of hydrogen-bond donors (Lipinski definition) is 1. The van der Waals surface area contributed by atoms with Crippen molar-refractivity contribution in [3.63, 3.8) is 0 Å². The number of rotatable bonds is 8. The lowest BCUT2D eigenvalue weighted by Crippen LogP contribution is -2.31. The largest absolute Gasteiger partial charge is 0.314 e. The molecule has 0 amide bonds. The van der Waals surface area contributed by atoms with Gasteiger partial charge in [-0.15, -0.1) is 11.3 Å². The van der Waals surface area contributed by atoms with E-state index < -0.39 is 0 Å². The van der Waals surface area contributed by atoms with Crippen LogP contribution < -0.4 is 5.32 Å². The van der Waals surface area contributed by atoms with Crippen molar-refractivity contribution in [2.75, 3.05) is 6.54 Å². The predicted octanol–water partition coefficient (Wildman–Crippen LogP) is 3.35. The summed E-state index contributed by atoms with van der Waals surface area (Å²) in [5.74, 6) is 0. The molecule has 1 unspecified atom stereocenters. The molecule has 2 nitrogen and oxygen atoms in total. The number of unbranched alkanes of at least 4 members (excludes halogenated alkanes) is 2. The Bertz CT molecular complexity index is 300. The van der Waals surface area contributed by atoms with Gasteiger partial charge in [-0.2, -0.15) is 5.26 Å². The molecule has 1 aromatic rings. The second-order valence-electron chi connectivity index (χ2n) is 3.96. The molecule has 0 bridgehead atoms. The minimum Gasteiger partial charge on any atom is -0.314 e. The molecule has 1 atom stereocenters. The summed E-state index contributed by atoms with van der Waals surface area (Å²) in [4.78, 5) is 1.45. The van der Waals surface area contributed by atoms with E-state index in [1.54, 1.807) is 0 Å². The van der Waals surface area contributed by atoms with Crippen molar-refractivity contribution in [3.8, 4) is 6.07 Å². The number of nitrogens with zero attached hydrogens (tertiary/aromatic N) is 1. The first-order valence-corrected chi connectivity index (χ1v) is 6.87. The summed E-state index contributed by atoms with van der Waals surface area (Å²) in [5, 5.41) is 14.1. The highest BCUT2D eigenvalue weighted by Gasteiger charge is 2.06. The van der Waals surface area contributed by atoms with E-state index >= 15 is 0 Å². The van der Waals surface area contributed by atoms with Gasteiger partial charge in [0, 0.05) is 17.3 Å². The Labute approximate surface area is 102 Å². The highest BCUT2D eigenvalue weighted by Crippen LogP contribution is 2.12. The number of thiophene rings is 1. The second-order valence-corrected chi connectivity index (χ2v) is 4.99. The zero-order chi connectivity index (χ0) is 11.6. The van der Waals surface area contributed by atoms with Gasteiger partial charge in [-0.25, -0.2) is 0 Å².